The molecule has 1 unspecified atom stereocenters. The van der Waals surface area contributed by atoms with Crippen LogP contribution in [-0.2, 0) is 14.3 Å². The highest BCUT2D eigenvalue weighted by Gasteiger charge is 2.12. The van der Waals surface area contributed by atoms with Crippen LogP contribution < -0.4 is 5.73 Å². The van der Waals surface area contributed by atoms with Gasteiger partial charge in [-0.3, -0.25) is 9.59 Å². The molecule has 4 nitrogen and oxygen atoms in total. The van der Waals surface area contributed by atoms with Gasteiger partial charge in [0.2, 0.25) is 0 Å². The van der Waals surface area contributed by atoms with E-state index in [-0.39, 0.29) is 43.4 Å². The Kier molecular flexibility index (Phi) is 7.95. The van der Waals surface area contributed by atoms with Gasteiger partial charge in [0.1, 0.15) is 17.7 Å². The molecule has 0 heterocycles. The SMILES string of the molecule is CC(OC(=O)CCC(=O)CN)c1ccc(F)cc1.Cl. The van der Waals surface area contributed by atoms with E-state index in [1.165, 1.54) is 12.1 Å². The number of ketones is 1. The van der Waals surface area contributed by atoms with Gasteiger partial charge in [0.05, 0.1) is 13.0 Å². The minimum atomic E-state index is -0.467. The van der Waals surface area contributed by atoms with Crippen LogP contribution in [0.15, 0.2) is 24.3 Å². The first kappa shape index (κ1) is 17.5. The maximum Gasteiger partial charge on any atom is 0.306 e. The molecule has 1 atom stereocenters. The Balaban J connectivity index is 0.00000324. The summed E-state index contributed by atoms with van der Waals surface area (Å²) in [6, 6.07) is 5.71. The number of benzene rings is 1. The fourth-order valence-electron chi connectivity index (χ4n) is 1.40. The Bertz CT molecular complexity index is 422. The van der Waals surface area contributed by atoms with Crippen molar-refractivity contribution in [2.24, 2.45) is 5.73 Å². The van der Waals surface area contributed by atoms with Gasteiger partial charge in [0.25, 0.3) is 0 Å². The van der Waals surface area contributed by atoms with E-state index in [1.54, 1.807) is 19.1 Å². The quantitative estimate of drug-likeness (QED) is 0.815. The van der Waals surface area contributed by atoms with E-state index in [1.807, 2.05) is 0 Å². The summed E-state index contributed by atoms with van der Waals surface area (Å²) in [4.78, 5) is 22.4. The van der Waals surface area contributed by atoms with Crippen molar-refractivity contribution in [2.75, 3.05) is 6.54 Å². The molecule has 0 aliphatic rings. The minimum Gasteiger partial charge on any atom is -0.458 e. The lowest BCUT2D eigenvalue weighted by Crippen LogP contribution is -2.16. The maximum absolute atomic E-state index is 12.7. The highest BCUT2D eigenvalue weighted by Crippen LogP contribution is 2.17. The molecule has 0 aliphatic carbocycles. The predicted octanol–water partition coefficient (Wildman–Crippen LogP) is 2.16. The zero-order chi connectivity index (χ0) is 13.5. The molecule has 1 aromatic rings. The van der Waals surface area contributed by atoms with Crippen molar-refractivity contribution in [1.29, 1.82) is 0 Å². The number of carbonyl (C=O) groups excluding carboxylic acids is 2. The van der Waals surface area contributed by atoms with Crippen molar-refractivity contribution >= 4 is 24.2 Å². The van der Waals surface area contributed by atoms with Crippen LogP contribution in [0.3, 0.4) is 0 Å². The molecule has 1 rings (SSSR count). The molecular weight excluding hydrogens is 273 g/mol. The molecule has 0 saturated heterocycles. The first-order valence-corrected chi connectivity index (χ1v) is 5.69. The van der Waals surface area contributed by atoms with E-state index in [0.717, 1.165) is 0 Å². The maximum atomic E-state index is 12.7. The molecule has 106 valence electrons. The van der Waals surface area contributed by atoms with Crippen molar-refractivity contribution in [3.63, 3.8) is 0 Å². The smallest absolute Gasteiger partial charge is 0.306 e. The van der Waals surface area contributed by atoms with Crippen LogP contribution in [0.5, 0.6) is 0 Å². The molecule has 0 radical (unpaired) electrons. The predicted molar refractivity (Wildman–Crippen MR) is 71.5 cm³/mol. The molecule has 0 spiro atoms. The zero-order valence-electron chi connectivity index (χ0n) is 10.6. The van der Waals surface area contributed by atoms with Crippen molar-refractivity contribution in [1.82, 2.24) is 0 Å². The second-order valence-electron chi connectivity index (χ2n) is 3.93. The molecule has 0 aliphatic heterocycles. The van der Waals surface area contributed by atoms with Crippen LogP contribution >= 0.6 is 12.4 Å². The molecule has 0 saturated carbocycles. The third-order valence-electron chi connectivity index (χ3n) is 2.48. The first-order chi connectivity index (χ1) is 8.52. The number of ether oxygens (including phenoxy) is 1. The monoisotopic (exact) mass is 289 g/mol. The number of halogens is 2. The van der Waals surface area contributed by atoms with Gasteiger partial charge in [-0.25, -0.2) is 4.39 Å². The van der Waals surface area contributed by atoms with Gasteiger partial charge in [-0.1, -0.05) is 12.1 Å². The van der Waals surface area contributed by atoms with Crippen LogP contribution in [-0.4, -0.2) is 18.3 Å². The van der Waals surface area contributed by atoms with Crippen molar-refractivity contribution in [3.8, 4) is 0 Å². The molecule has 0 bridgehead atoms. The Morgan fingerprint density at radius 1 is 1.26 bits per heavy atom. The Morgan fingerprint density at radius 2 is 1.84 bits per heavy atom. The van der Waals surface area contributed by atoms with Crippen molar-refractivity contribution < 1.29 is 18.7 Å². The Morgan fingerprint density at radius 3 is 2.37 bits per heavy atom. The van der Waals surface area contributed by atoms with E-state index >= 15 is 0 Å². The fraction of sp³-hybridized carbons (Fsp3) is 0.385. The van der Waals surface area contributed by atoms with Gasteiger partial charge in [-0.15, -0.1) is 12.4 Å². The molecule has 0 aromatic heterocycles. The van der Waals surface area contributed by atoms with E-state index in [9.17, 15) is 14.0 Å². The number of carbonyl (C=O) groups is 2. The number of esters is 1. The number of Topliss-reactive ketones (excluding diaryl/α,β-unsaturated/α-hetero) is 1. The zero-order valence-corrected chi connectivity index (χ0v) is 11.4. The van der Waals surface area contributed by atoms with Crippen molar-refractivity contribution in [2.45, 2.75) is 25.9 Å². The van der Waals surface area contributed by atoms with Gasteiger partial charge in [-0.2, -0.15) is 0 Å². The summed E-state index contributed by atoms with van der Waals surface area (Å²) in [6.07, 6.45) is -0.362. The van der Waals surface area contributed by atoms with Crippen molar-refractivity contribution in [3.05, 3.63) is 35.6 Å². The van der Waals surface area contributed by atoms with Gasteiger partial charge in [0.15, 0.2) is 0 Å². The largest absolute Gasteiger partial charge is 0.458 e. The van der Waals surface area contributed by atoms with E-state index < -0.39 is 12.1 Å². The molecule has 19 heavy (non-hydrogen) atoms. The lowest BCUT2D eigenvalue weighted by atomic mass is 10.1. The first-order valence-electron chi connectivity index (χ1n) is 5.69. The third-order valence-corrected chi connectivity index (χ3v) is 2.48. The summed E-state index contributed by atoms with van der Waals surface area (Å²) in [6.45, 7) is 1.62. The number of hydrogen-bond donors (Lipinski definition) is 1. The average molecular weight is 290 g/mol. The topological polar surface area (TPSA) is 69.4 Å². The number of rotatable bonds is 6. The van der Waals surface area contributed by atoms with E-state index in [0.29, 0.717) is 5.56 Å². The third kappa shape index (κ3) is 6.31. The fourth-order valence-corrected chi connectivity index (χ4v) is 1.40. The minimum absolute atomic E-state index is 0. The molecule has 1 aromatic carbocycles. The molecule has 6 heteroatoms. The van der Waals surface area contributed by atoms with E-state index in [4.69, 9.17) is 10.5 Å². The highest BCUT2D eigenvalue weighted by molar-refractivity contribution is 5.85. The normalized spacial score (nSPS) is 11.3. The van der Waals surface area contributed by atoms with Crippen LogP contribution in [0.4, 0.5) is 4.39 Å². The Hall–Kier alpha value is -1.46. The second kappa shape index (κ2) is 8.61. The Labute approximate surface area is 117 Å². The second-order valence-corrected chi connectivity index (χ2v) is 3.93. The molecule has 0 fully saturated rings. The van der Waals surface area contributed by atoms with Gasteiger partial charge < -0.3 is 10.5 Å². The number of nitrogens with two attached hydrogens (primary N) is 1. The average Bonchev–Trinajstić information content (AvgIpc) is 2.36. The summed E-state index contributed by atoms with van der Waals surface area (Å²) in [5.74, 6) is -0.985. The van der Waals surface area contributed by atoms with Gasteiger partial charge >= 0.3 is 5.97 Å². The van der Waals surface area contributed by atoms with Crippen LogP contribution in [0.2, 0.25) is 0 Å². The summed E-state index contributed by atoms with van der Waals surface area (Å²) >= 11 is 0. The van der Waals surface area contributed by atoms with E-state index in [2.05, 4.69) is 0 Å². The summed E-state index contributed by atoms with van der Waals surface area (Å²) in [5, 5.41) is 0. The number of hydrogen-bond acceptors (Lipinski definition) is 4. The molecule has 0 amide bonds. The lowest BCUT2D eigenvalue weighted by Gasteiger charge is -2.13. The highest BCUT2D eigenvalue weighted by atomic mass is 35.5. The van der Waals surface area contributed by atoms with Crippen LogP contribution in [0.1, 0.15) is 31.4 Å². The molecular formula is C13H17ClFNO3. The summed E-state index contributed by atoms with van der Waals surface area (Å²) in [5.41, 5.74) is 5.83. The summed E-state index contributed by atoms with van der Waals surface area (Å²) in [7, 11) is 0. The summed E-state index contributed by atoms with van der Waals surface area (Å²) < 4.78 is 17.8. The lowest BCUT2D eigenvalue weighted by molar-refractivity contribution is -0.149. The van der Waals surface area contributed by atoms with Gasteiger partial charge in [-0.05, 0) is 24.6 Å². The van der Waals surface area contributed by atoms with Gasteiger partial charge in [0, 0.05) is 6.42 Å². The standard InChI is InChI=1S/C13H16FNO3.ClH/c1-9(10-2-4-11(14)5-3-10)18-13(17)7-6-12(16)8-15;/h2-5,9H,6-8,15H2,1H3;1H. The van der Waals surface area contributed by atoms with Crippen LogP contribution in [0, 0.1) is 5.82 Å². The van der Waals surface area contributed by atoms with Crippen LogP contribution in [0.25, 0.3) is 0 Å². The molecule has 2 N–H and O–H groups in total.